The maximum atomic E-state index is 2.58. The van der Waals surface area contributed by atoms with Crippen molar-refractivity contribution in [1.29, 1.82) is 0 Å². The summed E-state index contributed by atoms with van der Waals surface area (Å²) in [4.78, 5) is 0. The van der Waals surface area contributed by atoms with E-state index in [1.54, 1.807) is 0 Å². The average Bonchev–Trinajstić information content (AvgIpc) is 0.918. The van der Waals surface area contributed by atoms with Crippen LogP contribution < -0.4 is 12.3 Å². The van der Waals surface area contributed by atoms with E-state index in [4.69, 9.17) is 0 Å². The third-order valence-corrected chi connectivity index (χ3v) is 0. The summed E-state index contributed by atoms with van der Waals surface area (Å²) in [5.41, 5.74) is 0. The van der Waals surface area contributed by atoms with Crippen molar-refractivity contribution in [2.24, 2.45) is 0 Å². The quantitative estimate of drug-likeness (QED) is 0.383. The van der Waals surface area contributed by atoms with Crippen molar-refractivity contribution in [3.05, 3.63) is 0 Å². The van der Waals surface area contributed by atoms with E-state index in [2.05, 4.69) is 26.7 Å². The Kier molecular flexibility index (Phi) is 58.6. The van der Waals surface area contributed by atoms with Crippen LogP contribution in [0.1, 0.15) is 0 Å². The molecule has 0 spiro atoms. The Morgan fingerprint density at radius 3 is 1.40 bits per heavy atom. The van der Waals surface area contributed by atoms with E-state index < -0.39 is 0 Å². The van der Waals surface area contributed by atoms with Crippen molar-refractivity contribution in [1.82, 2.24) is 12.3 Å². The van der Waals surface area contributed by atoms with Crippen LogP contribution in [0.5, 0.6) is 0 Å². The molecule has 0 fully saturated rings. The van der Waals surface area contributed by atoms with Crippen LogP contribution in [0.15, 0.2) is 0 Å². The molecule has 0 N–H and O–H groups in total. The summed E-state index contributed by atoms with van der Waals surface area (Å²) in [5.74, 6) is 0. The first-order valence-corrected chi connectivity index (χ1v) is 5.74. The molecule has 2 unspecified atom stereocenters. The molecule has 0 rings (SSSR count). The fraction of sp³-hybridized carbons (Fsp3) is 0. The summed E-state index contributed by atoms with van der Waals surface area (Å²) in [7, 11) is 2.58. The smallest absolute Gasteiger partial charge is 0 e. The Morgan fingerprint density at radius 1 is 1.40 bits per heavy atom. The van der Waals surface area contributed by atoms with Gasteiger partial charge in [0.1, 0.15) is 0 Å². The number of rotatable bonds is 0. The second kappa shape index (κ2) is 18.1. The first-order valence-electron chi connectivity index (χ1n) is 0.465. The van der Waals surface area contributed by atoms with Gasteiger partial charge >= 0.3 is 33.4 Å². The van der Waals surface area contributed by atoms with Gasteiger partial charge in [-0.2, -0.15) is 0 Å². The molecule has 0 aliphatic rings. The zero-order chi connectivity index (χ0) is 2.71. The van der Waals surface area contributed by atoms with Gasteiger partial charge in [0.15, 0.2) is 0 Å². The van der Waals surface area contributed by atoms with Gasteiger partial charge in [-0.15, -0.1) is 0 Å². The van der Waals surface area contributed by atoms with E-state index in [9.17, 15) is 0 Å². The molecule has 0 aromatic heterocycles. The largest absolute Gasteiger partial charge is 0 e. The van der Waals surface area contributed by atoms with Gasteiger partial charge in [-0.3, -0.25) is 0 Å². The zero-order valence-corrected chi connectivity index (χ0v) is 6.22. The molecule has 5 heavy (non-hydrogen) atoms. The van der Waals surface area contributed by atoms with Crippen molar-refractivity contribution in [3.8, 4) is 0 Å². The number of hydrogen-bond donors (Lipinski definition) is 0. The van der Waals surface area contributed by atoms with Gasteiger partial charge in [0.05, 0.1) is 0 Å². The van der Waals surface area contributed by atoms with Crippen LogP contribution in [0.2, 0.25) is 0 Å². The molecule has 0 aliphatic carbocycles. The Balaban J connectivity index is -0.0000000200. The molecule has 0 aromatic carbocycles. The van der Waals surface area contributed by atoms with Gasteiger partial charge in [0.25, 0.3) is 0 Å². The van der Waals surface area contributed by atoms with Crippen molar-refractivity contribution >= 4 is 15.5 Å². The second-order valence-corrected chi connectivity index (χ2v) is 5.43. The molecule has 31 valence electrons. The summed E-state index contributed by atoms with van der Waals surface area (Å²) < 4.78 is 0. The summed E-state index contributed by atoms with van der Waals surface area (Å²) in [6.07, 6.45) is 0. The van der Waals surface area contributed by atoms with Crippen molar-refractivity contribution < 1.29 is 17.8 Å². The molecule has 6 radical (unpaired) electrons. The van der Waals surface area contributed by atoms with E-state index in [0.717, 1.165) is 6.60 Å². The van der Waals surface area contributed by atoms with Gasteiger partial charge in [0, 0.05) is 12.3 Å². The van der Waals surface area contributed by atoms with E-state index in [1.807, 2.05) is 0 Å². The van der Waals surface area contributed by atoms with Crippen LogP contribution in [0, 0.1) is 0 Å². The van der Waals surface area contributed by atoms with Crippen LogP contribution in [0.4, 0.5) is 0 Å². The van der Waals surface area contributed by atoms with Gasteiger partial charge < -0.3 is 0 Å². The molecule has 5 heteroatoms. The Hall–Kier alpha value is 1.40. The normalized spacial score (nSPS) is 6.00. The predicted molar refractivity (Wildman–Crippen MR) is 22.3 cm³/mol. The molecular formula is H3N2P2Ru. The number of nitrogens with zero attached hydrogens (tertiary/aromatic N) is 2. The molecule has 0 amide bonds. The van der Waals surface area contributed by atoms with Crippen LogP contribution in [-0.2, 0) is 17.8 Å². The van der Waals surface area contributed by atoms with Crippen LogP contribution >= 0.6 is 15.5 Å². The minimum atomic E-state index is 0. The molecule has 0 aliphatic heterocycles. The molecule has 0 aromatic rings. The Morgan fingerprint density at radius 2 is 1.40 bits per heavy atom. The first kappa shape index (κ1) is 16.1. The molecule has 2 nitrogen and oxygen atoms in total. The van der Waals surface area contributed by atoms with Gasteiger partial charge in [-0.25, -0.2) is 0 Å². The Bertz CT molecular complexity index is 7.61. The molecular weight excluding hydrogens is 191 g/mol. The standard InChI is InChI=1S/2N.H3P2.Ru/c;;1-2;/h;;1H,2H2;/q;;-1;+1. The summed E-state index contributed by atoms with van der Waals surface area (Å²) in [6, 6.07) is 0. The summed E-state index contributed by atoms with van der Waals surface area (Å²) in [5, 5.41) is 0. The maximum Gasteiger partial charge on any atom is 0 e. The average molecular weight is 194 g/mol. The molecule has 0 saturated heterocycles. The van der Waals surface area contributed by atoms with E-state index in [0.29, 0.717) is 0 Å². The summed E-state index contributed by atoms with van der Waals surface area (Å²) in [6.45, 7) is 0.930. The minimum Gasteiger partial charge on any atom is 0 e. The third kappa shape index (κ3) is 31.8. The van der Waals surface area contributed by atoms with Crippen LogP contribution in [0.25, 0.3) is 0 Å². The van der Waals surface area contributed by atoms with E-state index >= 15 is 0 Å². The van der Waals surface area contributed by atoms with Crippen molar-refractivity contribution in [2.45, 2.75) is 0 Å². The zero-order valence-electron chi connectivity index (χ0n) is 2.33. The molecule has 0 bridgehead atoms. The SMILES string of the molecule is P[PH][Ru].[N].[N]. The predicted octanol–water partition coefficient (Wildman–Crippen LogP) is -0.0444. The van der Waals surface area contributed by atoms with E-state index in [1.165, 1.54) is 0 Å². The molecule has 0 saturated carbocycles. The van der Waals surface area contributed by atoms with Gasteiger partial charge in [-0.1, -0.05) is 0 Å². The Labute approximate surface area is 46.1 Å². The fourth-order valence-corrected chi connectivity index (χ4v) is 0. The topological polar surface area (TPSA) is 61.0 Å². The molecule has 0 heterocycles. The second-order valence-electron chi connectivity index (χ2n) is 0.102. The maximum absolute atomic E-state index is 2.58. The monoisotopic (exact) mass is 195 g/mol. The van der Waals surface area contributed by atoms with Gasteiger partial charge in [-0.05, 0) is 0 Å². The van der Waals surface area contributed by atoms with Crippen LogP contribution in [-0.4, -0.2) is 0 Å². The first-order chi connectivity index (χ1) is 1.41. The third-order valence-electron chi connectivity index (χ3n) is 0. The molecule has 2 atom stereocenters. The summed E-state index contributed by atoms with van der Waals surface area (Å²) >= 11 is 2.50. The van der Waals surface area contributed by atoms with Crippen molar-refractivity contribution in [3.63, 3.8) is 0 Å². The minimum absolute atomic E-state index is 0. The fourth-order valence-electron chi connectivity index (χ4n) is 0. The van der Waals surface area contributed by atoms with Gasteiger partial charge in [0.2, 0.25) is 0 Å². The van der Waals surface area contributed by atoms with E-state index in [-0.39, 0.29) is 12.3 Å². The number of hydrogen-bond acceptors (Lipinski definition) is 0. The van der Waals surface area contributed by atoms with Crippen molar-refractivity contribution in [2.75, 3.05) is 0 Å². The van der Waals surface area contributed by atoms with Crippen LogP contribution in [0.3, 0.4) is 0 Å².